The van der Waals surface area contributed by atoms with Gasteiger partial charge in [-0.25, -0.2) is 9.97 Å². The quantitative estimate of drug-likeness (QED) is 0.251. The molecule has 0 spiro atoms. The van der Waals surface area contributed by atoms with Crippen molar-refractivity contribution in [2.45, 2.75) is 25.5 Å². The highest BCUT2D eigenvalue weighted by Gasteiger charge is 2.25. The molecule has 0 saturated heterocycles. The van der Waals surface area contributed by atoms with Crippen molar-refractivity contribution in [1.29, 1.82) is 0 Å². The number of nitrogens with zero attached hydrogens (tertiary/aromatic N) is 5. The van der Waals surface area contributed by atoms with E-state index >= 15 is 0 Å². The van der Waals surface area contributed by atoms with Gasteiger partial charge in [-0.05, 0) is 43.2 Å². The number of H-pyrrole nitrogens is 2. The number of hydrogen-bond donors (Lipinski definition) is 4. The van der Waals surface area contributed by atoms with Crippen molar-refractivity contribution in [3.05, 3.63) is 61.4 Å². The van der Waals surface area contributed by atoms with Crippen LogP contribution in [-0.2, 0) is 0 Å². The summed E-state index contributed by atoms with van der Waals surface area (Å²) in [7, 11) is 0. The normalized spacial score (nSPS) is 14.8. The van der Waals surface area contributed by atoms with Gasteiger partial charge in [0.05, 0.1) is 41.1 Å². The van der Waals surface area contributed by atoms with Crippen molar-refractivity contribution in [3.8, 4) is 34.0 Å². The molecule has 1 aliphatic carbocycles. The van der Waals surface area contributed by atoms with Gasteiger partial charge in [-0.3, -0.25) is 15.1 Å². The molecule has 1 aliphatic rings. The smallest absolute Gasteiger partial charge is 0.161 e. The molecule has 6 aromatic rings. The number of anilines is 1. The minimum absolute atomic E-state index is 0.296. The van der Waals surface area contributed by atoms with E-state index in [9.17, 15) is 5.11 Å². The molecule has 1 atom stereocenters. The first-order chi connectivity index (χ1) is 17.7. The molecule has 1 unspecified atom stereocenters. The summed E-state index contributed by atoms with van der Waals surface area (Å²) in [6, 6.07) is 9.56. The molecule has 7 rings (SSSR count). The number of aliphatic hydroxyl groups is 1. The van der Waals surface area contributed by atoms with Crippen LogP contribution in [0.15, 0.2) is 65.9 Å². The monoisotopic (exact) mass is 478 g/mol. The SMILES string of the molecule is OC(Nc1cncc(-c2ccc3[nH]nc(-c4nc5c(-c6ccoc6)nccc5[nH]4)c3n2)c1)C1CCC1. The molecular formula is C26H22N8O2. The summed E-state index contributed by atoms with van der Waals surface area (Å²) in [5, 5.41) is 21.1. The number of fused-ring (bicyclic) bond motifs is 2. The van der Waals surface area contributed by atoms with E-state index in [-0.39, 0.29) is 0 Å². The second kappa shape index (κ2) is 8.28. The zero-order valence-electron chi connectivity index (χ0n) is 19.1. The second-order valence-corrected chi connectivity index (χ2v) is 9.06. The number of rotatable bonds is 6. The zero-order chi connectivity index (χ0) is 24.1. The molecule has 0 bridgehead atoms. The average molecular weight is 479 g/mol. The van der Waals surface area contributed by atoms with Crippen LogP contribution in [0, 0.1) is 5.92 Å². The molecule has 0 aliphatic heterocycles. The highest BCUT2D eigenvalue weighted by molar-refractivity contribution is 5.94. The van der Waals surface area contributed by atoms with Crippen molar-refractivity contribution in [2.75, 3.05) is 5.32 Å². The molecule has 10 nitrogen and oxygen atoms in total. The summed E-state index contributed by atoms with van der Waals surface area (Å²) in [6.07, 6.45) is 11.2. The van der Waals surface area contributed by atoms with Gasteiger partial charge >= 0.3 is 0 Å². The Morgan fingerprint density at radius 1 is 1.00 bits per heavy atom. The molecule has 1 saturated carbocycles. The van der Waals surface area contributed by atoms with Crippen LogP contribution in [0.3, 0.4) is 0 Å². The fourth-order valence-electron chi connectivity index (χ4n) is 4.59. The summed E-state index contributed by atoms with van der Waals surface area (Å²) < 4.78 is 5.23. The molecule has 0 radical (unpaired) electrons. The Kier molecular flexibility index (Phi) is 4.78. The van der Waals surface area contributed by atoms with E-state index in [0.29, 0.717) is 23.0 Å². The van der Waals surface area contributed by atoms with E-state index in [1.165, 1.54) is 6.42 Å². The minimum Gasteiger partial charge on any atom is -0.472 e. The van der Waals surface area contributed by atoms with Crippen LogP contribution < -0.4 is 5.32 Å². The lowest BCUT2D eigenvalue weighted by Crippen LogP contribution is -2.33. The number of imidazole rings is 1. The van der Waals surface area contributed by atoms with E-state index in [1.807, 2.05) is 30.3 Å². The number of aromatic nitrogens is 7. The molecule has 6 heterocycles. The first kappa shape index (κ1) is 20.8. The average Bonchev–Trinajstić information content (AvgIpc) is 3.61. The number of hydrogen-bond acceptors (Lipinski definition) is 8. The van der Waals surface area contributed by atoms with Gasteiger partial charge in [-0.15, -0.1) is 0 Å². The van der Waals surface area contributed by atoms with Gasteiger partial charge in [0, 0.05) is 29.4 Å². The molecule has 4 N–H and O–H groups in total. The van der Waals surface area contributed by atoms with Gasteiger partial charge in [0.1, 0.15) is 23.0 Å². The van der Waals surface area contributed by atoms with E-state index in [2.05, 4.69) is 30.5 Å². The van der Waals surface area contributed by atoms with Crippen LogP contribution in [-0.4, -0.2) is 46.5 Å². The number of furan rings is 1. The van der Waals surface area contributed by atoms with Crippen LogP contribution in [0.5, 0.6) is 0 Å². The first-order valence-electron chi connectivity index (χ1n) is 11.9. The van der Waals surface area contributed by atoms with E-state index in [0.717, 1.165) is 57.6 Å². The Bertz CT molecular complexity index is 1680. The van der Waals surface area contributed by atoms with Gasteiger partial charge < -0.3 is 19.8 Å². The highest BCUT2D eigenvalue weighted by atomic mass is 16.3. The van der Waals surface area contributed by atoms with Gasteiger partial charge in [0.2, 0.25) is 0 Å². The van der Waals surface area contributed by atoms with Crippen LogP contribution in [0.4, 0.5) is 5.69 Å². The van der Waals surface area contributed by atoms with Crippen LogP contribution in [0.1, 0.15) is 19.3 Å². The third-order valence-corrected chi connectivity index (χ3v) is 6.77. The zero-order valence-corrected chi connectivity index (χ0v) is 19.1. The number of pyridine rings is 3. The lowest BCUT2D eigenvalue weighted by atomic mass is 9.84. The lowest BCUT2D eigenvalue weighted by molar-refractivity contribution is 0.0851. The van der Waals surface area contributed by atoms with Gasteiger partial charge in [-0.2, -0.15) is 5.10 Å². The van der Waals surface area contributed by atoms with Gasteiger partial charge in [-0.1, -0.05) is 6.42 Å². The Labute approximate surface area is 204 Å². The second-order valence-electron chi connectivity index (χ2n) is 9.06. The fourth-order valence-corrected chi connectivity index (χ4v) is 4.59. The predicted molar refractivity (Wildman–Crippen MR) is 135 cm³/mol. The maximum absolute atomic E-state index is 10.4. The number of aromatic amines is 2. The lowest BCUT2D eigenvalue weighted by Gasteiger charge is -2.31. The third-order valence-electron chi connectivity index (χ3n) is 6.77. The van der Waals surface area contributed by atoms with Crippen molar-refractivity contribution in [1.82, 2.24) is 35.1 Å². The molecular weight excluding hydrogens is 456 g/mol. The fraction of sp³-hybridized carbons (Fsp3) is 0.192. The Hall–Kier alpha value is -4.57. The minimum atomic E-state index is -0.568. The Morgan fingerprint density at radius 3 is 2.75 bits per heavy atom. The Balaban J connectivity index is 1.26. The van der Waals surface area contributed by atoms with Crippen LogP contribution >= 0.6 is 0 Å². The summed E-state index contributed by atoms with van der Waals surface area (Å²) in [5.41, 5.74) is 7.61. The van der Waals surface area contributed by atoms with Crippen molar-refractivity contribution in [2.24, 2.45) is 5.92 Å². The molecule has 10 heteroatoms. The van der Waals surface area contributed by atoms with E-state index in [1.54, 1.807) is 31.1 Å². The van der Waals surface area contributed by atoms with Crippen LogP contribution in [0.2, 0.25) is 0 Å². The van der Waals surface area contributed by atoms with Gasteiger partial charge in [0.15, 0.2) is 11.5 Å². The maximum atomic E-state index is 10.4. The molecule has 178 valence electrons. The highest BCUT2D eigenvalue weighted by Crippen LogP contribution is 2.32. The number of nitrogens with one attached hydrogen (secondary N) is 3. The summed E-state index contributed by atoms with van der Waals surface area (Å²) in [4.78, 5) is 21.9. The molecule has 36 heavy (non-hydrogen) atoms. The largest absolute Gasteiger partial charge is 0.472 e. The van der Waals surface area contributed by atoms with Crippen molar-refractivity contribution >= 4 is 27.8 Å². The Morgan fingerprint density at radius 2 is 1.92 bits per heavy atom. The summed E-state index contributed by atoms with van der Waals surface area (Å²) in [6.45, 7) is 0. The van der Waals surface area contributed by atoms with E-state index in [4.69, 9.17) is 14.4 Å². The van der Waals surface area contributed by atoms with Crippen molar-refractivity contribution in [3.63, 3.8) is 0 Å². The standard InChI is InChI=1S/C26H22N8O2/c35-26(14-2-1-3-14)29-17-10-16(11-27-12-17)18-4-5-20-23(30-18)24(34-33-20)25-31-19-6-8-28-21(22(19)32-25)15-7-9-36-13-15/h4-14,26,29,35H,1-3H2,(H,31,32)(H,33,34). The van der Waals surface area contributed by atoms with Crippen LogP contribution in [0.25, 0.3) is 56.1 Å². The van der Waals surface area contributed by atoms with E-state index < -0.39 is 6.23 Å². The maximum Gasteiger partial charge on any atom is 0.161 e. The molecule has 0 aromatic carbocycles. The molecule has 6 aromatic heterocycles. The van der Waals surface area contributed by atoms with Gasteiger partial charge in [0.25, 0.3) is 0 Å². The molecule has 0 amide bonds. The summed E-state index contributed by atoms with van der Waals surface area (Å²) in [5.74, 6) is 0.889. The summed E-state index contributed by atoms with van der Waals surface area (Å²) >= 11 is 0. The van der Waals surface area contributed by atoms with Crippen molar-refractivity contribution < 1.29 is 9.52 Å². The number of aliphatic hydroxyl groups excluding tert-OH is 1. The topological polar surface area (TPSA) is 141 Å². The predicted octanol–water partition coefficient (Wildman–Crippen LogP) is 4.75. The first-order valence-corrected chi connectivity index (χ1v) is 11.9. The third kappa shape index (κ3) is 3.50. The molecule has 1 fully saturated rings.